The standard InChI is InChI=1S/C61H67F2N11O7/c1-32(2)56(60(78)73-27-42(76)21-52(73)59(77)67-51(29-75)39-18-16-36(17-19-39)43-8-6-7-9-47(43)62)74-28-50(70-71-74)38-12-10-35(11-13-38)31-80-57-54(53-34(4)48(63)23-49(65)46(53)24-64)44(37-14-15-37)22-45-55(57)68-61(81-30-33(3)79-5)69-58(45)72-26-40-20-41(72)25-66-40/h6-13,16-19,22-24,28,32-33,37,40-42,51-52,56,64,66,75-76H,14-15,20-21,25-27,29-31,65H2,1-5H3,(H,67,77)/t33-,40-,41-,42+,51-,52-,56-/m0/s1. The molecule has 18 nitrogen and oxygen atoms in total. The summed E-state index contributed by atoms with van der Waals surface area (Å²) in [5.41, 5.74) is 13.4. The van der Waals surface area contributed by atoms with E-state index < -0.39 is 48.5 Å². The minimum atomic E-state index is -1.04. The van der Waals surface area contributed by atoms with Gasteiger partial charge in [-0.1, -0.05) is 85.8 Å². The van der Waals surface area contributed by atoms with Crippen LogP contribution in [0.5, 0.6) is 11.8 Å². The van der Waals surface area contributed by atoms with Crippen molar-refractivity contribution in [3.8, 4) is 45.3 Å². The van der Waals surface area contributed by atoms with Crippen LogP contribution >= 0.6 is 0 Å². The first-order chi connectivity index (χ1) is 39.1. The number of carbonyl (C=O) groups excluding carboxylic acids is 2. The molecule has 422 valence electrons. The third-order valence-electron chi connectivity index (χ3n) is 16.3. The fraction of sp³-hybridized carbons (Fsp3) is 0.393. The number of rotatable bonds is 20. The molecule has 4 aliphatic rings. The van der Waals surface area contributed by atoms with Crippen molar-refractivity contribution in [2.75, 3.05) is 50.6 Å². The summed E-state index contributed by atoms with van der Waals surface area (Å²) in [5.74, 6) is -0.894. The molecule has 0 spiro atoms. The molecule has 20 heteroatoms. The van der Waals surface area contributed by atoms with E-state index in [-0.39, 0.29) is 67.7 Å². The minimum Gasteiger partial charge on any atom is -0.486 e. The maximum atomic E-state index is 16.0. The van der Waals surface area contributed by atoms with Crippen LogP contribution in [-0.2, 0) is 20.9 Å². The van der Waals surface area contributed by atoms with Crippen LogP contribution in [-0.4, -0.2) is 128 Å². The second kappa shape index (κ2) is 22.9. The number of benzene rings is 5. The lowest BCUT2D eigenvalue weighted by atomic mass is 9.87. The predicted molar refractivity (Wildman–Crippen MR) is 303 cm³/mol. The third-order valence-corrected chi connectivity index (χ3v) is 16.3. The molecule has 5 aromatic carbocycles. The van der Waals surface area contributed by atoms with E-state index in [9.17, 15) is 24.2 Å². The van der Waals surface area contributed by atoms with Gasteiger partial charge in [0.15, 0.2) is 5.75 Å². The lowest BCUT2D eigenvalue weighted by molar-refractivity contribution is -0.142. The Bertz CT molecular complexity index is 3500. The van der Waals surface area contributed by atoms with Crippen LogP contribution in [0.25, 0.3) is 44.4 Å². The highest BCUT2D eigenvalue weighted by Crippen LogP contribution is 2.53. The first-order valence-electron chi connectivity index (χ1n) is 27.6. The molecule has 11 rings (SSSR count). The van der Waals surface area contributed by atoms with Crippen LogP contribution in [0.3, 0.4) is 0 Å². The number of likely N-dealkylation sites (tertiary alicyclic amines) is 1. The number of anilines is 2. The number of aromatic nitrogens is 5. The number of nitrogens with zero attached hydrogens (tertiary/aromatic N) is 7. The lowest BCUT2D eigenvalue weighted by Gasteiger charge is -2.30. The SMILES string of the molecule is CO[C@@H](C)COc1nc(N2C[C@@H]3C[C@H]2CN3)c2cc(C3CC3)c(-c3c(C)c(F)cc(N)c3C=N)c(OCc3ccc(-c4cn([C@H](C(=O)N5C[C@H](O)C[C@H]5C(=O)N[C@@H](CO)c5ccc(-c6ccccc6F)cc5)C(C)C)nn4)cc3)c2n1. The summed E-state index contributed by atoms with van der Waals surface area (Å²) in [6, 6.07) is 22.1. The van der Waals surface area contributed by atoms with Crippen LogP contribution in [0, 0.1) is 29.9 Å². The van der Waals surface area contributed by atoms with E-state index in [1.54, 1.807) is 62.7 Å². The number of fused-ring (bicyclic) bond motifs is 3. The Morgan fingerprint density at radius 3 is 2.37 bits per heavy atom. The Morgan fingerprint density at radius 2 is 1.70 bits per heavy atom. The highest BCUT2D eigenvalue weighted by Gasteiger charge is 2.44. The molecule has 3 aliphatic heterocycles. The van der Waals surface area contributed by atoms with Crippen molar-refractivity contribution in [1.82, 2.24) is 40.5 Å². The molecule has 4 fully saturated rings. The Balaban J connectivity index is 0.868. The van der Waals surface area contributed by atoms with Crippen LogP contribution in [0.15, 0.2) is 91.1 Å². The van der Waals surface area contributed by atoms with E-state index >= 15 is 4.39 Å². The zero-order valence-corrected chi connectivity index (χ0v) is 45.9. The molecule has 2 bridgehead atoms. The summed E-state index contributed by atoms with van der Waals surface area (Å²) in [7, 11) is 1.61. The molecule has 0 radical (unpaired) electrons. The molecule has 3 saturated heterocycles. The van der Waals surface area contributed by atoms with Crippen molar-refractivity contribution in [2.45, 2.75) is 108 Å². The number of nitrogens with two attached hydrogens (primary N) is 1. The largest absolute Gasteiger partial charge is 0.486 e. The summed E-state index contributed by atoms with van der Waals surface area (Å²) < 4.78 is 50.8. The first kappa shape index (κ1) is 55.0. The van der Waals surface area contributed by atoms with E-state index in [1.807, 2.05) is 45.0 Å². The van der Waals surface area contributed by atoms with Crippen molar-refractivity contribution in [1.29, 1.82) is 5.41 Å². The van der Waals surface area contributed by atoms with Gasteiger partial charge in [-0.05, 0) is 91.0 Å². The zero-order chi connectivity index (χ0) is 56.8. The second-order valence-corrected chi connectivity index (χ2v) is 22.2. The number of methoxy groups -OCH3 is 1. The third kappa shape index (κ3) is 10.9. The summed E-state index contributed by atoms with van der Waals surface area (Å²) in [6.45, 7) is 8.62. The summed E-state index contributed by atoms with van der Waals surface area (Å²) in [6.07, 6.45) is 4.42. The van der Waals surface area contributed by atoms with Gasteiger partial charge in [0, 0.05) is 90.4 Å². The van der Waals surface area contributed by atoms with Crippen LogP contribution in [0.1, 0.15) is 92.3 Å². The van der Waals surface area contributed by atoms with Gasteiger partial charge in [0.25, 0.3) is 0 Å². The number of β-amino-alcohol motifs (C(OH)–C–C–N with tert-alkyl or cyclic N) is 1. The molecule has 5 heterocycles. The molecular formula is C61H67F2N11O7. The number of halogens is 2. The number of piperazine rings is 1. The minimum absolute atomic E-state index is 0.00539. The van der Waals surface area contributed by atoms with E-state index in [0.717, 1.165) is 60.9 Å². The van der Waals surface area contributed by atoms with E-state index in [1.165, 1.54) is 21.7 Å². The van der Waals surface area contributed by atoms with Gasteiger partial charge in [-0.2, -0.15) is 9.97 Å². The highest BCUT2D eigenvalue weighted by molar-refractivity contribution is 6.05. The zero-order valence-electron chi connectivity index (χ0n) is 45.9. The number of aliphatic hydroxyl groups excluding tert-OH is 2. The van der Waals surface area contributed by atoms with Gasteiger partial charge in [0.2, 0.25) is 11.8 Å². The van der Waals surface area contributed by atoms with Gasteiger partial charge in [0.05, 0.1) is 31.1 Å². The van der Waals surface area contributed by atoms with E-state index in [0.29, 0.717) is 67.5 Å². The Labute approximate surface area is 468 Å². The Morgan fingerprint density at radius 1 is 0.951 bits per heavy atom. The summed E-state index contributed by atoms with van der Waals surface area (Å²) in [5, 5.41) is 46.0. The first-order valence-corrected chi connectivity index (χ1v) is 27.6. The molecule has 1 aliphatic carbocycles. The number of aliphatic hydroxyl groups is 2. The van der Waals surface area contributed by atoms with Crippen molar-refractivity contribution in [3.63, 3.8) is 0 Å². The van der Waals surface area contributed by atoms with Crippen molar-refractivity contribution >= 4 is 40.4 Å². The van der Waals surface area contributed by atoms with Gasteiger partial charge < -0.3 is 56.0 Å². The Hall–Kier alpha value is -7.91. The van der Waals surface area contributed by atoms with Gasteiger partial charge >= 0.3 is 6.01 Å². The number of amides is 2. The summed E-state index contributed by atoms with van der Waals surface area (Å²) in [4.78, 5) is 42.4. The number of carbonyl (C=O) groups is 2. The van der Waals surface area contributed by atoms with Gasteiger partial charge in [-0.25, -0.2) is 13.5 Å². The van der Waals surface area contributed by atoms with Crippen molar-refractivity contribution in [2.24, 2.45) is 5.92 Å². The van der Waals surface area contributed by atoms with Crippen molar-refractivity contribution in [3.05, 3.63) is 131 Å². The lowest BCUT2D eigenvalue weighted by Crippen LogP contribution is -2.50. The van der Waals surface area contributed by atoms with Gasteiger partial charge in [0.1, 0.15) is 54.0 Å². The Kier molecular flexibility index (Phi) is 15.6. The molecule has 1 saturated carbocycles. The average molecular weight is 1100 g/mol. The number of hydrogen-bond acceptors (Lipinski definition) is 15. The van der Waals surface area contributed by atoms with Crippen molar-refractivity contribution < 1.29 is 42.8 Å². The number of nitrogens with one attached hydrogen (secondary N) is 3. The molecule has 0 unspecified atom stereocenters. The second-order valence-electron chi connectivity index (χ2n) is 22.2. The fourth-order valence-electron chi connectivity index (χ4n) is 11.7. The quantitative estimate of drug-likeness (QED) is 0.0315. The van der Waals surface area contributed by atoms with Crippen LogP contribution in [0.4, 0.5) is 20.3 Å². The molecule has 7 aromatic rings. The van der Waals surface area contributed by atoms with Gasteiger partial charge in [-0.15, -0.1) is 5.10 Å². The maximum absolute atomic E-state index is 16.0. The predicted octanol–water partition coefficient (Wildman–Crippen LogP) is 7.82. The van der Waals surface area contributed by atoms with Crippen LogP contribution < -0.4 is 30.7 Å². The number of nitrogen functional groups attached to an aromatic ring is 1. The number of ether oxygens (including phenoxy) is 3. The van der Waals surface area contributed by atoms with Crippen LogP contribution in [0.2, 0.25) is 0 Å². The summed E-state index contributed by atoms with van der Waals surface area (Å²) >= 11 is 0. The van der Waals surface area contributed by atoms with E-state index in [4.69, 9.17) is 35.3 Å². The molecule has 7 N–H and O–H groups in total. The maximum Gasteiger partial charge on any atom is 0.319 e. The van der Waals surface area contributed by atoms with Gasteiger partial charge in [-0.3, -0.25) is 9.59 Å². The molecule has 7 atom stereocenters. The topological polar surface area (TPSA) is 239 Å². The smallest absolute Gasteiger partial charge is 0.319 e. The molecule has 81 heavy (non-hydrogen) atoms. The molecule has 2 amide bonds. The highest BCUT2D eigenvalue weighted by atomic mass is 19.1. The van der Waals surface area contributed by atoms with E-state index in [2.05, 4.69) is 31.9 Å². The molecule has 2 aromatic heterocycles. The fourth-order valence-corrected chi connectivity index (χ4v) is 11.7. The monoisotopic (exact) mass is 1100 g/mol. The average Bonchev–Trinajstić information content (AvgIpc) is 3.76. The normalized spacial score (nSPS) is 19.8. The number of hydrogen-bond donors (Lipinski definition) is 6. The molecular weight excluding hydrogens is 1040 g/mol.